The van der Waals surface area contributed by atoms with Crippen molar-refractivity contribution >= 4 is 21.6 Å². The zero-order chi connectivity index (χ0) is 18.6. The first-order valence-electron chi connectivity index (χ1n) is 8.82. The van der Waals surface area contributed by atoms with Crippen LogP contribution < -0.4 is 4.72 Å². The van der Waals surface area contributed by atoms with Gasteiger partial charge in [0.1, 0.15) is 0 Å². The predicted octanol–water partition coefficient (Wildman–Crippen LogP) is 3.23. The zero-order valence-corrected chi connectivity index (χ0v) is 16.4. The molecule has 2 heterocycles. The molecule has 1 fully saturated rings. The molecule has 140 valence electrons. The number of hydrogen-bond acceptors (Lipinski definition) is 4. The average molecular weight is 394 g/mol. The van der Waals surface area contributed by atoms with Gasteiger partial charge in [-0.1, -0.05) is 29.3 Å². The zero-order valence-electron chi connectivity index (χ0n) is 14.9. The Morgan fingerprint density at radius 2 is 2.04 bits per heavy atom. The van der Waals surface area contributed by atoms with E-state index >= 15 is 0 Å². The van der Waals surface area contributed by atoms with Crippen LogP contribution in [-0.2, 0) is 16.6 Å². The van der Waals surface area contributed by atoms with Gasteiger partial charge in [0, 0.05) is 25.8 Å². The van der Waals surface area contributed by atoms with E-state index < -0.39 is 10.0 Å². The molecule has 7 heteroatoms. The number of hydrogen-bond donors (Lipinski definition) is 1. The normalized spacial score (nSPS) is 18.8. The fourth-order valence-electron chi connectivity index (χ4n) is 3.24. The number of pyridine rings is 1. The van der Waals surface area contributed by atoms with Crippen LogP contribution in [0.2, 0.25) is 5.02 Å². The molecule has 0 radical (unpaired) electrons. The summed E-state index contributed by atoms with van der Waals surface area (Å²) in [6.07, 6.45) is 3.81. The Labute approximate surface area is 160 Å². The SMILES string of the molecule is Cc1ccc(S(=O)(=O)NCC2CCCN(Cc3ncccc3Cl)C2)cc1. The first-order chi connectivity index (χ1) is 12.4. The van der Waals surface area contributed by atoms with Gasteiger partial charge in [-0.25, -0.2) is 13.1 Å². The van der Waals surface area contributed by atoms with Crippen LogP contribution >= 0.6 is 11.6 Å². The van der Waals surface area contributed by atoms with Gasteiger partial charge in [-0.15, -0.1) is 0 Å². The molecule has 2 aromatic rings. The van der Waals surface area contributed by atoms with Gasteiger partial charge in [-0.3, -0.25) is 9.88 Å². The lowest BCUT2D eigenvalue weighted by Crippen LogP contribution is -2.40. The van der Waals surface area contributed by atoms with Crippen LogP contribution in [0.25, 0.3) is 0 Å². The minimum absolute atomic E-state index is 0.284. The van der Waals surface area contributed by atoms with E-state index in [-0.39, 0.29) is 5.92 Å². The molecule has 0 aliphatic carbocycles. The van der Waals surface area contributed by atoms with Gasteiger partial charge in [0.05, 0.1) is 15.6 Å². The van der Waals surface area contributed by atoms with E-state index in [2.05, 4.69) is 14.6 Å². The minimum Gasteiger partial charge on any atom is -0.297 e. The summed E-state index contributed by atoms with van der Waals surface area (Å²) in [6.45, 7) is 4.90. The Hall–Kier alpha value is -1.47. The quantitative estimate of drug-likeness (QED) is 0.818. The van der Waals surface area contributed by atoms with Crippen molar-refractivity contribution in [3.63, 3.8) is 0 Å². The van der Waals surface area contributed by atoms with Crippen LogP contribution in [0.3, 0.4) is 0 Å². The van der Waals surface area contributed by atoms with Gasteiger partial charge in [-0.05, 0) is 56.5 Å². The number of sulfonamides is 1. The molecule has 0 spiro atoms. The van der Waals surface area contributed by atoms with Crippen molar-refractivity contribution in [2.24, 2.45) is 5.92 Å². The average Bonchev–Trinajstić information content (AvgIpc) is 2.63. The number of halogens is 1. The molecule has 1 aromatic heterocycles. The highest BCUT2D eigenvalue weighted by molar-refractivity contribution is 7.89. The summed E-state index contributed by atoms with van der Waals surface area (Å²) in [7, 11) is -3.46. The molecule has 3 rings (SSSR count). The van der Waals surface area contributed by atoms with Gasteiger partial charge in [0.25, 0.3) is 0 Å². The highest BCUT2D eigenvalue weighted by atomic mass is 35.5. The summed E-state index contributed by atoms with van der Waals surface area (Å²) in [5, 5.41) is 0.676. The number of benzene rings is 1. The molecule has 0 saturated carbocycles. The van der Waals surface area contributed by atoms with E-state index in [4.69, 9.17) is 11.6 Å². The molecular weight excluding hydrogens is 370 g/mol. The number of rotatable bonds is 6. The number of piperidine rings is 1. The summed E-state index contributed by atoms with van der Waals surface area (Å²) in [4.78, 5) is 6.95. The summed E-state index contributed by atoms with van der Waals surface area (Å²) in [5.74, 6) is 0.284. The first kappa shape index (κ1) is 19.3. The van der Waals surface area contributed by atoms with Crippen LogP contribution in [0.5, 0.6) is 0 Å². The third kappa shape index (κ3) is 5.04. The lowest BCUT2D eigenvalue weighted by atomic mass is 9.98. The van der Waals surface area contributed by atoms with Gasteiger partial charge in [0.2, 0.25) is 10.0 Å². The van der Waals surface area contributed by atoms with Crippen LogP contribution in [-0.4, -0.2) is 37.9 Å². The van der Waals surface area contributed by atoms with Crippen molar-refractivity contribution in [3.05, 3.63) is 58.9 Å². The molecule has 5 nitrogen and oxygen atoms in total. The smallest absolute Gasteiger partial charge is 0.240 e. The molecule has 1 unspecified atom stereocenters. The molecule has 26 heavy (non-hydrogen) atoms. The fourth-order valence-corrected chi connectivity index (χ4v) is 4.53. The number of aromatic nitrogens is 1. The second kappa shape index (κ2) is 8.48. The van der Waals surface area contributed by atoms with E-state index in [1.165, 1.54) is 0 Å². The van der Waals surface area contributed by atoms with Crippen molar-refractivity contribution in [2.75, 3.05) is 19.6 Å². The Balaban J connectivity index is 1.56. The molecule has 1 atom stereocenters. The summed E-state index contributed by atoms with van der Waals surface area (Å²) >= 11 is 6.20. The Bertz CT molecular complexity index is 840. The van der Waals surface area contributed by atoms with E-state index in [9.17, 15) is 8.42 Å². The summed E-state index contributed by atoms with van der Waals surface area (Å²) < 4.78 is 27.7. The van der Waals surface area contributed by atoms with E-state index in [1.807, 2.05) is 31.2 Å². The van der Waals surface area contributed by atoms with Gasteiger partial charge in [-0.2, -0.15) is 0 Å². The molecule has 1 N–H and O–H groups in total. The van der Waals surface area contributed by atoms with E-state index in [0.717, 1.165) is 37.2 Å². The second-order valence-electron chi connectivity index (χ2n) is 6.84. The maximum Gasteiger partial charge on any atom is 0.240 e. The van der Waals surface area contributed by atoms with Gasteiger partial charge < -0.3 is 0 Å². The molecular formula is C19H24ClN3O2S. The molecule has 0 amide bonds. The van der Waals surface area contributed by atoms with Crippen LogP contribution in [0, 0.1) is 12.8 Å². The maximum atomic E-state index is 12.5. The van der Waals surface area contributed by atoms with E-state index in [0.29, 0.717) is 23.0 Å². The summed E-state index contributed by atoms with van der Waals surface area (Å²) in [5.41, 5.74) is 1.91. The maximum absolute atomic E-state index is 12.5. The van der Waals surface area contributed by atoms with Crippen LogP contribution in [0.4, 0.5) is 0 Å². The van der Waals surface area contributed by atoms with Crippen LogP contribution in [0.1, 0.15) is 24.1 Å². The van der Waals surface area contributed by atoms with Gasteiger partial charge in [0.15, 0.2) is 0 Å². The topological polar surface area (TPSA) is 62.3 Å². The van der Waals surface area contributed by atoms with Crippen molar-refractivity contribution in [1.82, 2.24) is 14.6 Å². The van der Waals surface area contributed by atoms with Crippen molar-refractivity contribution < 1.29 is 8.42 Å². The predicted molar refractivity (Wildman–Crippen MR) is 104 cm³/mol. The fraction of sp³-hybridized carbons (Fsp3) is 0.421. The number of aryl methyl sites for hydroxylation is 1. The number of nitrogens with zero attached hydrogens (tertiary/aromatic N) is 2. The Morgan fingerprint density at radius 1 is 1.27 bits per heavy atom. The van der Waals surface area contributed by atoms with Gasteiger partial charge >= 0.3 is 0 Å². The van der Waals surface area contributed by atoms with Crippen LogP contribution in [0.15, 0.2) is 47.5 Å². The number of nitrogens with one attached hydrogen (secondary N) is 1. The molecule has 1 saturated heterocycles. The first-order valence-corrected chi connectivity index (χ1v) is 10.7. The molecule has 1 aliphatic rings. The third-order valence-corrected chi connectivity index (χ3v) is 6.49. The molecule has 0 bridgehead atoms. The minimum atomic E-state index is -3.46. The number of likely N-dealkylation sites (tertiary alicyclic amines) is 1. The Kier molecular flexibility index (Phi) is 6.29. The monoisotopic (exact) mass is 393 g/mol. The molecule has 1 aromatic carbocycles. The highest BCUT2D eigenvalue weighted by Crippen LogP contribution is 2.21. The van der Waals surface area contributed by atoms with Crippen molar-refractivity contribution in [3.8, 4) is 0 Å². The standard InChI is InChI=1S/C19H24ClN3O2S/c1-15-6-8-17(9-7-15)26(24,25)22-12-16-4-3-11-23(13-16)14-19-18(20)5-2-10-21-19/h2,5-10,16,22H,3-4,11-14H2,1H3. The highest BCUT2D eigenvalue weighted by Gasteiger charge is 2.23. The third-order valence-electron chi connectivity index (χ3n) is 4.70. The Morgan fingerprint density at radius 3 is 2.77 bits per heavy atom. The molecule has 1 aliphatic heterocycles. The lowest BCUT2D eigenvalue weighted by molar-refractivity contribution is 0.167. The summed E-state index contributed by atoms with van der Waals surface area (Å²) in [6, 6.07) is 10.6. The van der Waals surface area contributed by atoms with Crippen molar-refractivity contribution in [1.29, 1.82) is 0 Å². The van der Waals surface area contributed by atoms with Crippen molar-refractivity contribution in [2.45, 2.75) is 31.2 Å². The second-order valence-corrected chi connectivity index (χ2v) is 9.01. The van der Waals surface area contributed by atoms with E-state index in [1.54, 1.807) is 18.3 Å². The lowest BCUT2D eigenvalue weighted by Gasteiger charge is -2.32. The largest absolute Gasteiger partial charge is 0.297 e.